The molecule has 0 saturated heterocycles. The summed E-state index contributed by atoms with van der Waals surface area (Å²) >= 11 is 0. The van der Waals surface area contributed by atoms with E-state index < -0.39 is 5.63 Å². The zero-order valence-corrected chi connectivity index (χ0v) is 11.5. The first-order valence-corrected chi connectivity index (χ1v) is 6.68. The Morgan fingerprint density at radius 3 is 2.59 bits per heavy atom. The van der Waals surface area contributed by atoms with E-state index in [4.69, 9.17) is 4.42 Å². The summed E-state index contributed by atoms with van der Waals surface area (Å²) in [6.45, 7) is 0. The van der Waals surface area contributed by atoms with E-state index in [1.54, 1.807) is 36.4 Å². The fourth-order valence-electron chi connectivity index (χ4n) is 2.10. The summed E-state index contributed by atoms with van der Waals surface area (Å²) in [5.41, 5.74) is 0.572. The third kappa shape index (κ3) is 2.81. The second-order valence-electron chi connectivity index (χ2n) is 4.77. The number of fused-ring (bicyclic) bond motifs is 1. The number of allylic oxidation sites excluding steroid dienone is 1. The van der Waals surface area contributed by atoms with Crippen molar-refractivity contribution in [3.63, 3.8) is 0 Å². The van der Waals surface area contributed by atoms with Crippen LogP contribution in [0.25, 0.3) is 17.0 Å². The molecule has 1 aromatic heterocycles. The fourth-order valence-corrected chi connectivity index (χ4v) is 2.10. The second kappa shape index (κ2) is 5.69. The predicted octanol–water partition coefficient (Wildman–Crippen LogP) is 3.39. The van der Waals surface area contributed by atoms with Crippen LogP contribution in [0.1, 0.15) is 15.9 Å². The normalized spacial score (nSPS) is 11.1. The summed E-state index contributed by atoms with van der Waals surface area (Å²) in [6.07, 6.45) is 2.78. The maximum atomic E-state index is 12.0. The minimum Gasteiger partial charge on any atom is -0.508 e. The summed E-state index contributed by atoms with van der Waals surface area (Å²) in [7, 11) is 0. The summed E-state index contributed by atoms with van der Waals surface area (Å²) < 4.78 is 5.13. The Labute approximate surface area is 125 Å². The van der Waals surface area contributed by atoms with Crippen LogP contribution in [-0.4, -0.2) is 10.9 Å². The predicted molar refractivity (Wildman–Crippen MR) is 84.0 cm³/mol. The van der Waals surface area contributed by atoms with Gasteiger partial charge in [0.2, 0.25) is 0 Å². The molecule has 3 aromatic rings. The number of ketones is 1. The quantitative estimate of drug-likeness (QED) is 0.456. The van der Waals surface area contributed by atoms with Gasteiger partial charge in [-0.25, -0.2) is 4.79 Å². The molecule has 0 radical (unpaired) electrons. The number of carbonyl (C=O) groups is 1. The maximum Gasteiger partial charge on any atom is 0.343 e. The molecular weight excluding hydrogens is 280 g/mol. The van der Waals surface area contributed by atoms with Crippen molar-refractivity contribution in [1.82, 2.24) is 0 Å². The topological polar surface area (TPSA) is 67.5 Å². The van der Waals surface area contributed by atoms with E-state index in [0.717, 1.165) is 0 Å². The van der Waals surface area contributed by atoms with E-state index in [1.807, 2.05) is 6.07 Å². The van der Waals surface area contributed by atoms with Crippen LogP contribution in [0.4, 0.5) is 0 Å². The van der Waals surface area contributed by atoms with Gasteiger partial charge >= 0.3 is 5.63 Å². The first-order chi connectivity index (χ1) is 10.6. The minimum atomic E-state index is -0.560. The average molecular weight is 292 g/mol. The zero-order valence-electron chi connectivity index (χ0n) is 11.5. The molecule has 4 nitrogen and oxygen atoms in total. The van der Waals surface area contributed by atoms with Gasteiger partial charge in [-0.05, 0) is 30.4 Å². The van der Waals surface area contributed by atoms with E-state index in [1.165, 1.54) is 24.3 Å². The molecule has 0 atom stereocenters. The Morgan fingerprint density at radius 1 is 1.05 bits per heavy atom. The molecule has 22 heavy (non-hydrogen) atoms. The molecule has 0 aliphatic heterocycles. The Morgan fingerprint density at radius 2 is 1.82 bits per heavy atom. The third-order valence-electron chi connectivity index (χ3n) is 3.22. The molecule has 0 unspecified atom stereocenters. The first-order valence-electron chi connectivity index (χ1n) is 6.68. The molecule has 0 spiro atoms. The number of phenols is 1. The number of aromatic hydroxyl groups is 1. The van der Waals surface area contributed by atoms with Gasteiger partial charge in [0, 0.05) is 17.0 Å². The molecule has 1 N–H and O–H groups in total. The largest absolute Gasteiger partial charge is 0.508 e. The summed E-state index contributed by atoms with van der Waals surface area (Å²) in [6, 6.07) is 14.9. The summed E-state index contributed by atoms with van der Waals surface area (Å²) in [4.78, 5) is 23.9. The van der Waals surface area contributed by atoms with Crippen molar-refractivity contribution >= 4 is 22.8 Å². The van der Waals surface area contributed by atoms with Gasteiger partial charge in [0.1, 0.15) is 11.3 Å². The van der Waals surface area contributed by atoms with Gasteiger partial charge in [-0.1, -0.05) is 30.3 Å². The SMILES string of the molecule is O=C(/C=C/c1cc2ccc(O)cc2oc1=O)c1ccccc1. The van der Waals surface area contributed by atoms with Gasteiger partial charge in [0.25, 0.3) is 0 Å². The lowest BCUT2D eigenvalue weighted by atomic mass is 10.1. The van der Waals surface area contributed by atoms with Crippen LogP contribution in [0.15, 0.2) is 69.9 Å². The highest BCUT2D eigenvalue weighted by Gasteiger charge is 2.05. The van der Waals surface area contributed by atoms with Crippen LogP contribution < -0.4 is 5.63 Å². The van der Waals surface area contributed by atoms with Crippen LogP contribution in [-0.2, 0) is 0 Å². The van der Waals surface area contributed by atoms with Crippen molar-refractivity contribution < 1.29 is 14.3 Å². The molecule has 0 bridgehead atoms. The number of rotatable bonds is 3. The molecule has 1 heterocycles. The molecule has 0 aliphatic rings. The second-order valence-corrected chi connectivity index (χ2v) is 4.77. The van der Waals surface area contributed by atoms with Crippen molar-refractivity contribution in [2.75, 3.05) is 0 Å². The lowest BCUT2D eigenvalue weighted by Gasteiger charge is -1.99. The zero-order chi connectivity index (χ0) is 15.5. The van der Waals surface area contributed by atoms with Gasteiger partial charge in [-0.2, -0.15) is 0 Å². The number of hydrogen-bond donors (Lipinski definition) is 1. The Bertz CT molecular complexity index is 921. The highest BCUT2D eigenvalue weighted by molar-refractivity contribution is 6.06. The van der Waals surface area contributed by atoms with Crippen LogP contribution in [0.2, 0.25) is 0 Å². The number of benzene rings is 2. The lowest BCUT2D eigenvalue weighted by molar-refractivity contribution is 0.104. The van der Waals surface area contributed by atoms with E-state index >= 15 is 0 Å². The fraction of sp³-hybridized carbons (Fsp3) is 0. The van der Waals surface area contributed by atoms with Crippen LogP contribution >= 0.6 is 0 Å². The van der Waals surface area contributed by atoms with E-state index in [0.29, 0.717) is 16.5 Å². The number of carbonyl (C=O) groups excluding carboxylic acids is 1. The standard InChI is InChI=1S/C18H12O4/c19-15-8-6-13-10-14(18(21)22-17(13)11-15)7-9-16(20)12-4-2-1-3-5-12/h1-11,19H/b9-7+. The summed E-state index contributed by atoms with van der Waals surface area (Å²) in [5.74, 6) is -0.163. The third-order valence-corrected chi connectivity index (χ3v) is 3.22. The Hall–Kier alpha value is -3.14. The first kappa shape index (κ1) is 13.8. The Balaban J connectivity index is 1.95. The van der Waals surface area contributed by atoms with Gasteiger partial charge in [-0.15, -0.1) is 0 Å². The average Bonchev–Trinajstić information content (AvgIpc) is 2.53. The molecular formula is C18H12O4. The van der Waals surface area contributed by atoms with Crippen molar-refractivity contribution in [3.8, 4) is 5.75 Å². The van der Waals surface area contributed by atoms with Gasteiger partial charge in [0.15, 0.2) is 5.78 Å². The van der Waals surface area contributed by atoms with Crippen molar-refractivity contribution in [2.45, 2.75) is 0 Å². The highest BCUT2D eigenvalue weighted by atomic mass is 16.4. The monoisotopic (exact) mass is 292 g/mol. The highest BCUT2D eigenvalue weighted by Crippen LogP contribution is 2.19. The molecule has 3 rings (SSSR count). The van der Waals surface area contributed by atoms with E-state index in [2.05, 4.69) is 0 Å². The van der Waals surface area contributed by atoms with Crippen LogP contribution in [0.3, 0.4) is 0 Å². The van der Waals surface area contributed by atoms with Crippen molar-refractivity contribution in [2.24, 2.45) is 0 Å². The van der Waals surface area contributed by atoms with Gasteiger partial charge < -0.3 is 9.52 Å². The minimum absolute atomic E-state index is 0.0261. The molecule has 0 fully saturated rings. The molecule has 0 aliphatic carbocycles. The van der Waals surface area contributed by atoms with E-state index in [-0.39, 0.29) is 17.1 Å². The van der Waals surface area contributed by atoms with Crippen LogP contribution in [0, 0.1) is 0 Å². The van der Waals surface area contributed by atoms with Crippen molar-refractivity contribution in [3.05, 3.63) is 82.2 Å². The molecule has 0 amide bonds. The van der Waals surface area contributed by atoms with Gasteiger partial charge in [0.05, 0.1) is 5.56 Å². The molecule has 4 heteroatoms. The summed E-state index contributed by atoms with van der Waals surface area (Å²) in [5, 5.41) is 10.0. The molecule has 2 aromatic carbocycles. The molecule has 108 valence electrons. The van der Waals surface area contributed by atoms with Crippen molar-refractivity contribution in [1.29, 1.82) is 0 Å². The van der Waals surface area contributed by atoms with E-state index in [9.17, 15) is 14.7 Å². The maximum absolute atomic E-state index is 12.0. The molecule has 0 saturated carbocycles. The number of hydrogen-bond acceptors (Lipinski definition) is 4. The Kier molecular flexibility index (Phi) is 3.58. The van der Waals surface area contributed by atoms with Crippen LogP contribution in [0.5, 0.6) is 5.75 Å². The van der Waals surface area contributed by atoms with Gasteiger partial charge in [-0.3, -0.25) is 4.79 Å². The smallest absolute Gasteiger partial charge is 0.343 e. The number of phenolic OH excluding ortho intramolecular Hbond substituents is 1. The lowest BCUT2D eigenvalue weighted by Crippen LogP contribution is -2.03.